The Morgan fingerprint density at radius 2 is 1.65 bits per heavy atom. The van der Waals surface area contributed by atoms with Crippen LogP contribution in [0.25, 0.3) is 0 Å². The summed E-state index contributed by atoms with van der Waals surface area (Å²) in [5, 5.41) is 11.5. The van der Waals surface area contributed by atoms with Gasteiger partial charge in [-0.3, -0.25) is 15.0 Å². The number of nitro groups is 1. The Kier molecular flexibility index (Phi) is 9.13. The van der Waals surface area contributed by atoms with Crippen LogP contribution in [0.3, 0.4) is 0 Å². The van der Waals surface area contributed by atoms with Gasteiger partial charge in [0.1, 0.15) is 17.4 Å². The monoisotopic (exact) mass is 460 g/mol. The number of ether oxygens (including phenoxy) is 2. The van der Waals surface area contributed by atoms with Crippen LogP contribution in [0.5, 0.6) is 0 Å². The van der Waals surface area contributed by atoms with Gasteiger partial charge in [0.2, 0.25) is 14.9 Å². The van der Waals surface area contributed by atoms with E-state index in [0.717, 1.165) is 0 Å². The van der Waals surface area contributed by atoms with Gasteiger partial charge in [0.25, 0.3) is 0 Å². The lowest BCUT2D eigenvalue weighted by Gasteiger charge is -2.44. The summed E-state index contributed by atoms with van der Waals surface area (Å²) in [6.07, 6.45) is -0.730. The molecule has 1 unspecified atom stereocenters. The molecule has 31 heavy (non-hydrogen) atoms. The first-order valence-electron chi connectivity index (χ1n) is 11.4. The highest BCUT2D eigenvalue weighted by molar-refractivity contribution is 6.77. The largest absolute Gasteiger partial charge is 0.444 e. The van der Waals surface area contributed by atoms with E-state index >= 15 is 0 Å². The minimum atomic E-state index is -2.33. The van der Waals surface area contributed by atoms with Crippen LogP contribution in [0.1, 0.15) is 82.6 Å². The molecule has 2 atom stereocenters. The van der Waals surface area contributed by atoms with Gasteiger partial charge in [0.15, 0.2) is 0 Å². The normalized spacial score (nSPS) is 20.6. The van der Waals surface area contributed by atoms with E-state index in [9.17, 15) is 14.9 Å². The van der Waals surface area contributed by atoms with E-state index in [0.29, 0.717) is 29.7 Å². The molecule has 0 radical (unpaired) electrons. The van der Waals surface area contributed by atoms with Gasteiger partial charge in [-0.1, -0.05) is 41.5 Å². The first-order chi connectivity index (χ1) is 13.9. The molecule has 9 heteroatoms. The summed E-state index contributed by atoms with van der Waals surface area (Å²) in [6.45, 7) is 22.0. The molecule has 1 rings (SSSR count). The Morgan fingerprint density at radius 1 is 1.16 bits per heavy atom. The van der Waals surface area contributed by atoms with E-state index in [2.05, 4.69) is 41.5 Å². The molecule has 0 aromatic heterocycles. The minimum Gasteiger partial charge on any atom is -0.444 e. The van der Waals surface area contributed by atoms with Crippen molar-refractivity contribution in [2.75, 3.05) is 13.2 Å². The van der Waals surface area contributed by atoms with Gasteiger partial charge in [-0.25, -0.2) is 4.79 Å². The van der Waals surface area contributed by atoms with Crippen LogP contribution in [0.4, 0.5) is 4.79 Å². The summed E-state index contributed by atoms with van der Waals surface area (Å²) in [5.74, 6) is 0. The lowest BCUT2D eigenvalue weighted by Crippen LogP contribution is -2.54. The summed E-state index contributed by atoms with van der Waals surface area (Å²) < 4.78 is 18.3. The molecule has 1 heterocycles. The van der Waals surface area contributed by atoms with Crippen molar-refractivity contribution >= 4 is 14.4 Å². The molecule has 0 aromatic carbocycles. The van der Waals surface area contributed by atoms with Gasteiger partial charge in [-0.15, -0.1) is 0 Å². The number of carbonyl (C=O) groups excluding carboxylic acids is 1. The molecule has 182 valence electrons. The standard InChI is InChI=1S/C22H44N2O6Si/c1-15(2)31(16(3)4,17(5)6)30-19(13-23(26)27)12-18-14-28-22(10,11)24(18)20(25)29-21(7,8)9/h15-19H,12-14H2,1-11H3/t18-,19?/m0/s1. The van der Waals surface area contributed by atoms with E-state index in [1.54, 1.807) is 4.90 Å². The molecule has 0 saturated carbocycles. The van der Waals surface area contributed by atoms with Crippen LogP contribution in [0, 0.1) is 10.1 Å². The van der Waals surface area contributed by atoms with Crippen molar-refractivity contribution in [3.8, 4) is 0 Å². The van der Waals surface area contributed by atoms with Gasteiger partial charge in [-0.05, 0) is 51.2 Å². The SMILES string of the molecule is CC(C)[Si](OC(C[C@H]1COC(C)(C)N1C(=O)OC(C)(C)C)C[N+](=O)[O-])(C(C)C)C(C)C. The summed E-state index contributed by atoms with van der Waals surface area (Å²) >= 11 is 0. The third-order valence-electron chi connectivity index (χ3n) is 6.13. The zero-order chi connectivity index (χ0) is 24.4. The number of amides is 1. The fraction of sp³-hybridized carbons (Fsp3) is 0.955. The number of carbonyl (C=O) groups is 1. The van der Waals surface area contributed by atoms with Crippen molar-refractivity contribution in [2.24, 2.45) is 0 Å². The van der Waals surface area contributed by atoms with Gasteiger partial charge in [-0.2, -0.15) is 0 Å². The van der Waals surface area contributed by atoms with E-state index in [1.165, 1.54) is 0 Å². The third kappa shape index (κ3) is 6.89. The van der Waals surface area contributed by atoms with Crippen molar-refractivity contribution in [1.82, 2.24) is 4.90 Å². The molecule has 0 aromatic rings. The van der Waals surface area contributed by atoms with Gasteiger partial charge in [0, 0.05) is 11.3 Å². The molecule has 0 aliphatic carbocycles. The third-order valence-corrected chi connectivity index (χ3v) is 12.3. The zero-order valence-corrected chi connectivity index (χ0v) is 22.4. The molecule has 1 aliphatic heterocycles. The Balaban J connectivity index is 3.23. The van der Waals surface area contributed by atoms with Crippen LogP contribution in [0.15, 0.2) is 0 Å². The van der Waals surface area contributed by atoms with Crippen molar-refractivity contribution in [3.63, 3.8) is 0 Å². The van der Waals surface area contributed by atoms with Crippen molar-refractivity contribution in [1.29, 1.82) is 0 Å². The zero-order valence-electron chi connectivity index (χ0n) is 21.4. The quantitative estimate of drug-likeness (QED) is 0.253. The molecule has 1 fully saturated rings. The van der Waals surface area contributed by atoms with Crippen molar-refractivity contribution in [3.05, 3.63) is 10.1 Å². The average molecular weight is 461 g/mol. The Bertz CT molecular complexity index is 608. The van der Waals surface area contributed by atoms with Crippen LogP contribution in [-0.4, -0.2) is 60.9 Å². The molecule has 8 nitrogen and oxygen atoms in total. The lowest BCUT2D eigenvalue weighted by molar-refractivity contribution is -0.489. The van der Waals surface area contributed by atoms with Gasteiger partial charge in [0.05, 0.1) is 12.6 Å². The number of hydrogen-bond donors (Lipinski definition) is 0. The molecular formula is C22H44N2O6Si. The molecular weight excluding hydrogens is 416 g/mol. The lowest BCUT2D eigenvalue weighted by atomic mass is 10.1. The molecule has 0 N–H and O–H groups in total. The highest BCUT2D eigenvalue weighted by Gasteiger charge is 2.50. The molecule has 1 aliphatic rings. The minimum absolute atomic E-state index is 0.292. The maximum Gasteiger partial charge on any atom is 0.412 e. The topological polar surface area (TPSA) is 91.1 Å². The van der Waals surface area contributed by atoms with Crippen LogP contribution >= 0.6 is 0 Å². The summed E-state index contributed by atoms with van der Waals surface area (Å²) in [4.78, 5) is 25.7. The first kappa shape index (κ1) is 27.8. The number of hydrogen-bond acceptors (Lipinski definition) is 6. The van der Waals surface area contributed by atoms with E-state index < -0.39 is 31.8 Å². The van der Waals surface area contributed by atoms with Crippen LogP contribution < -0.4 is 0 Å². The smallest absolute Gasteiger partial charge is 0.412 e. The van der Waals surface area contributed by atoms with E-state index in [4.69, 9.17) is 13.9 Å². The summed E-state index contributed by atoms with van der Waals surface area (Å²) in [7, 11) is -2.33. The van der Waals surface area contributed by atoms with Gasteiger partial charge < -0.3 is 13.9 Å². The molecule has 0 bridgehead atoms. The Hall–Kier alpha value is -1.19. The van der Waals surface area contributed by atoms with E-state index in [-0.39, 0.29) is 17.5 Å². The first-order valence-corrected chi connectivity index (χ1v) is 13.5. The Labute approximate surface area is 189 Å². The maximum atomic E-state index is 13.0. The molecule has 1 saturated heterocycles. The number of rotatable bonds is 9. The Morgan fingerprint density at radius 3 is 2.03 bits per heavy atom. The van der Waals surface area contributed by atoms with Gasteiger partial charge >= 0.3 is 6.09 Å². The number of nitrogens with zero attached hydrogens (tertiary/aromatic N) is 2. The second kappa shape index (κ2) is 10.2. The predicted molar refractivity (Wildman–Crippen MR) is 124 cm³/mol. The highest BCUT2D eigenvalue weighted by atomic mass is 28.4. The fourth-order valence-electron chi connectivity index (χ4n) is 5.06. The molecule has 1 amide bonds. The highest BCUT2D eigenvalue weighted by Crippen LogP contribution is 2.44. The van der Waals surface area contributed by atoms with Crippen LogP contribution in [-0.2, 0) is 13.9 Å². The second-order valence-corrected chi connectivity index (χ2v) is 16.5. The van der Waals surface area contributed by atoms with Crippen LogP contribution in [0.2, 0.25) is 16.6 Å². The summed E-state index contributed by atoms with van der Waals surface area (Å²) in [6, 6.07) is -0.354. The second-order valence-electron chi connectivity index (χ2n) is 11.1. The average Bonchev–Trinajstić information content (AvgIpc) is 2.83. The van der Waals surface area contributed by atoms with Crippen molar-refractivity contribution < 1.29 is 23.6 Å². The van der Waals surface area contributed by atoms with E-state index in [1.807, 2.05) is 34.6 Å². The predicted octanol–water partition coefficient (Wildman–Crippen LogP) is 5.59. The fourth-order valence-corrected chi connectivity index (χ4v) is 10.6. The maximum absolute atomic E-state index is 13.0. The van der Waals surface area contributed by atoms with Crippen molar-refractivity contribution in [2.45, 2.75) is 123 Å². The summed E-state index contributed by atoms with van der Waals surface area (Å²) in [5.41, 5.74) is -0.583. The molecule has 0 spiro atoms.